The van der Waals surface area contributed by atoms with E-state index in [4.69, 9.17) is 0 Å². The Hall–Kier alpha value is -2.94. The molecule has 0 saturated heterocycles. The van der Waals surface area contributed by atoms with Gasteiger partial charge in [0.2, 0.25) is 0 Å². The van der Waals surface area contributed by atoms with Crippen molar-refractivity contribution in [3.05, 3.63) is 83.7 Å². The van der Waals surface area contributed by atoms with Crippen LogP contribution in [0.3, 0.4) is 0 Å². The number of benzene rings is 2. The molecular weight excluding hydrogens is 332 g/mol. The molecule has 4 rings (SSSR count). The zero-order valence-corrected chi connectivity index (χ0v) is 16.1. The first-order chi connectivity index (χ1) is 12.9. The van der Waals surface area contributed by atoms with Crippen molar-refractivity contribution < 1.29 is 4.79 Å². The Morgan fingerprint density at radius 3 is 2.30 bits per heavy atom. The lowest BCUT2D eigenvalue weighted by Gasteiger charge is -2.21. The second-order valence-corrected chi connectivity index (χ2v) is 8.11. The van der Waals surface area contributed by atoms with Crippen LogP contribution in [-0.4, -0.2) is 17.4 Å². The van der Waals surface area contributed by atoms with Crippen LogP contribution < -0.4 is 4.90 Å². The molecule has 0 atom stereocenters. The van der Waals surface area contributed by atoms with Crippen molar-refractivity contribution in [2.75, 3.05) is 11.4 Å². The Kier molecular flexibility index (Phi) is 4.31. The van der Waals surface area contributed by atoms with Crippen LogP contribution >= 0.6 is 0 Å². The first-order valence-electron chi connectivity index (χ1n) is 9.39. The van der Waals surface area contributed by atoms with Gasteiger partial charge in [-0.3, -0.25) is 9.78 Å². The molecule has 3 heteroatoms. The molecule has 1 aliphatic rings. The average Bonchev–Trinajstić information content (AvgIpc) is 3.11. The van der Waals surface area contributed by atoms with E-state index in [1.54, 1.807) is 12.4 Å². The SMILES string of the molecule is CC(C)(C)c1ccc(C(=O)N2CCc3cc(-c4ccncc4)ccc32)cc1. The van der Waals surface area contributed by atoms with Crippen molar-refractivity contribution in [3.8, 4) is 11.1 Å². The van der Waals surface area contributed by atoms with Crippen LogP contribution in [0.25, 0.3) is 11.1 Å². The lowest BCUT2D eigenvalue weighted by atomic mass is 9.86. The summed E-state index contributed by atoms with van der Waals surface area (Å²) in [4.78, 5) is 19.0. The number of hydrogen-bond acceptors (Lipinski definition) is 2. The van der Waals surface area contributed by atoms with Gasteiger partial charge in [0.1, 0.15) is 0 Å². The minimum Gasteiger partial charge on any atom is -0.308 e. The summed E-state index contributed by atoms with van der Waals surface area (Å²) >= 11 is 0. The van der Waals surface area contributed by atoms with E-state index >= 15 is 0 Å². The lowest BCUT2D eigenvalue weighted by Crippen LogP contribution is -2.28. The van der Waals surface area contributed by atoms with E-state index in [1.807, 2.05) is 29.2 Å². The van der Waals surface area contributed by atoms with E-state index in [9.17, 15) is 4.79 Å². The van der Waals surface area contributed by atoms with Crippen molar-refractivity contribution in [3.63, 3.8) is 0 Å². The van der Waals surface area contributed by atoms with Gasteiger partial charge in [0, 0.05) is 30.2 Å². The van der Waals surface area contributed by atoms with Gasteiger partial charge in [-0.2, -0.15) is 0 Å². The van der Waals surface area contributed by atoms with Gasteiger partial charge in [-0.1, -0.05) is 39.0 Å². The highest BCUT2D eigenvalue weighted by Crippen LogP contribution is 2.33. The molecule has 2 heterocycles. The van der Waals surface area contributed by atoms with Crippen molar-refractivity contribution in [1.29, 1.82) is 0 Å². The molecule has 136 valence electrons. The molecule has 1 aliphatic heterocycles. The zero-order valence-electron chi connectivity index (χ0n) is 16.1. The number of anilines is 1. The maximum absolute atomic E-state index is 13.0. The third kappa shape index (κ3) is 3.37. The molecule has 0 saturated carbocycles. The minimum absolute atomic E-state index is 0.0749. The van der Waals surface area contributed by atoms with Gasteiger partial charge in [0.25, 0.3) is 5.91 Å². The smallest absolute Gasteiger partial charge is 0.258 e. The fourth-order valence-electron chi connectivity index (χ4n) is 3.61. The fraction of sp³-hybridized carbons (Fsp3) is 0.250. The van der Waals surface area contributed by atoms with Crippen LogP contribution in [0.5, 0.6) is 0 Å². The molecule has 0 radical (unpaired) electrons. The van der Waals surface area contributed by atoms with E-state index in [-0.39, 0.29) is 11.3 Å². The van der Waals surface area contributed by atoms with Gasteiger partial charge in [0.15, 0.2) is 0 Å². The molecule has 0 bridgehead atoms. The van der Waals surface area contributed by atoms with Crippen molar-refractivity contribution in [2.24, 2.45) is 0 Å². The Labute approximate surface area is 160 Å². The second kappa shape index (κ2) is 6.66. The van der Waals surface area contributed by atoms with Gasteiger partial charge < -0.3 is 4.90 Å². The van der Waals surface area contributed by atoms with Gasteiger partial charge in [0.05, 0.1) is 0 Å². The molecule has 3 aromatic rings. The van der Waals surface area contributed by atoms with E-state index in [0.29, 0.717) is 0 Å². The topological polar surface area (TPSA) is 33.2 Å². The van der Waals surface area contributed by atoms with Crippen LogP contribution in [0.15, 0.2) is 67.0 Å². The Bertz CT molecular complexity index is 970. The lowest BCUT2D eigenvalue weighted by molar-refractivity contribution is 0.0989. The normalized spacial score (nSPS) is 13.5. The van der Waals surface area contributed by atoms with Crippen LogP contribution in [0.2, 0.25) is 0 Å². The number of pyridine rings is 1. The minimum atomic E-state index is 0.0749. The molecule has 2 aromatic carbocycles. The van der Waals surface area contributed by atoms with Gasteiger partial charge in [-0.15, -0.1) is 0 Å². The first-order valence-corrected chi connectivity index (χ1v) is 9.39. The highest BCUT2D eigenvalue weighted by atomic mass is 16.2. The summed E-state index contributed by atoms with van der Waals surface area (Å²) in [6.45, 7) is 7.28. The molecular formula is C24H24N2O. The highest BCUT2D eigenvalue weighted by molar-refractivity contribution is 6.07. The largest absolute Gasteiger partial charge is 0.308 e. The number of nitrogens with zero attached hydrogens (tertiary/aromatic N) is 2. The van der Waals surface area contributed by atoms with Gasteiger partial charge in [-0.25, -0.2) is 0 Å². The molecule has 1 aromatic heterocycles. The predicted molar refractivity (Wildman–Crippen MR) is 110 cm³/mol. The number of aromatic nitrogens is 1. The summed E-state index contributed by atoms with van der Waals surface area (Å²) in [7, 11) is 0. The quantitative estimate of drug-likeness (QED) is 0.628. The predicted octanol–water partition coefficient (Wildman–Crippen LogP) is 5.25. The van der Waals surface area contributed by atoms with Crippen LogP contribution in [0.1, 0.15) is 42.3 Å². The zero-order chi connectivity index (χ0) is 19.0. The molecule has 0 N–H and O–H groups in total. The maximum Gasteiger partial charge on any atom is 0.258 e. The first kappa shape index (κ1) is 17.5. The van der Waals surface area contributed by atoms with Crippen molar-refractivity contribution in [2.45, 2.75) is 32.6 Å². The van der Waals surface area contributed by atoms with Crippen LogP contribution in [0, 0.1) is 0 Å². The summed E-state index contributed by atoms with van der Waals surface area (Å²) in [5.41, 5.74) is 6.64. The highest BCUT2D eigenvalue weighted by Gasteiger charge is 2.26. The Morgan fingerprint density at radius 2 is 1.63 bits per heavy atom. The maximum atomic E-state index is 13.0. The van der Waals surface area contributed by atoms with E-state index in [1.165, 1.54) is 16.7 Å². The van der Waals surface area contributed by atoms with Crippen molar-refractivity contribution >= 4 is 11.6 Å². The van der Waals surface area contributed by atoms with E-state index in [2.05, 4.69) is 56.1 Å². The third-order valence-electron chi connectivity index (χ3n) is 5.23. The Balaban J connectivity index is 1.60. The summed E-state index contributed by atoms with van der Waals surface area (Å²) in [6, 6.07) is 18.4. The molecule has 0 fully saturated rings. The second-order valence-electron chi connectivity index (χ2n) is 8.11. The Morgan fingerprint density at radius 1 is 0.926 bits per heavy atom. The molecule has 0 unspecified atom stereocenters. The molecule has 0 spiro atoms. The molecule has 1 amide bonds. The van der Waals surface area contributed by atoms with E-state index < -0.39 is 0 Å². The molecule has 27 heavy (non-hydrogen) atoms. The summed E-state index contributed by atoms with van der Waals surface area (Å²) in [5, 5.41) is 0. The fourth-order valence-corrected chi connectivity index (χ4v) is 3.61. The van der Waals surface area contributed by atoms with Gasteiger partial charge >= 0.3 is 0 Å². The number of amides is 1. The standard InChI is InChI=1S/C24H24N2O/c1-24(2,3)21-7-4-18(5-8-21)23(27)26-15-12-20-16-19(6-9-22(20)26)17-10-13-25-14-11-17/h4-11,13-14,16H,12,15H2,1-3H3. The van der Waals surface area contributed by atoms with Crippen LogP contribution in [-0.2, 0) is 11.8 Å². The number of carbonyl (C=O) groups is 1. The monoisotopic (exact) mass is 356 g/mol. The van der Waals surface area contributed by atoms with Crippen molar-refractivity contribution in [1.82, 2.24) is 4.98 Å². The summed E-state index contributed by atoms with van der Waals surface area (Å²) in [5.74, 6) is 0.0749. The molecule has 3 nitrogen and oxygen atoms in total. The number of fused-ring (bicyclic) bond motifs is 1. The van der Waals surface area contributed by atoms with E-state index in [0.717, 1.165) is 29.8 Å². The number of hydrogen-bond donors (Lipinski definition) is 0. The third-order valence-corrected chi connectivity index (χ3v) is 5.23. The summed E-state index contributed by atoms with van der Waals surface area (Å²) < 4.78 is 0. The summed E-state index contributed by atoms with van der Waals surface area (Å²) in [6.07, 6.45) is 4.50. The average molecular weight is 356 g/mol. The van der Waals surface area contributed by atoms with Crippen LogP contribution in [0.4, 0.5) is 5.69 Å². The number of rotatable bonds is 2. The number of carbonyl (C=O) groups excluding carboxylic acids is 1. The van der Waals surface area contributed by atoms with Gasteiger partial charge in [-0.05, 0) is 70.5 Å². The molecule has 0 aliphatic carbocycles.